The van der Waals surface area contributed by atoms with Crippen LogP contribution in [0, 0.1) is 6.92 Å². The molecule has 4 heteroatoms. The Kier molecular flexibility index (Phi) is 5.45. The lowest BCUT2D eigenvalue weighted by Gasteiger charge is -2.14. The summed E-state index contributed by atoms with van der Waals surface area (Å²) in [5.41, 5.74) is 3.89. The molecule has 1 amide bonds. The molecule has 0 aliphatic rings. The number of halogens is 1. The number of hydrogen-bond acceptors (Lipinski definition) is 2. The SMILES string of the molecule is Cc1ccc(NC(=O)CNc2ccccc2C(C)C)cc1Cl. The summed E-state index contributed by atoms with van der Waals surface area (Å²) in [7, 11) is 0. The number of para-hydroxylation sites is 1. The minimum Gasteiger partial charge on any atom is -0.376 e. The van der Waals surface area contributed by atoms with Gasteiger partial charge in [0.25, 0.3) is 0 Å². The van der Waals surface area contributed by atoms with Gasteiger partial charge in [-0.1, -0.05) is 49.7 Å². The summed E-state index contributed by atoms with van der Waals surface area (Å²) >= 11 is 6.06. The molecule has 0 radical (unpaired) electrons. The second-order valence-corrected chi connectivity index (χ2v) is 6.01. The Morgan fingerprint density at radius 3 is 2.59 bits per heavy atom. The molecule has 0 unspecified atom stereocenters. The molecule has 0 fully saturated rings. The first kappa shape index (κ1) is 16.4. The van der Waals surface area contributed by atoms with Gasteiger partial charge in [0.05, 0.1) is 6.54 Å². The molecule has 0 aliphatic heterocycles. The highest BCUT2D eigenvalue weighted by Crippen LogP contribution is 2.23. The summed E-state index contributed by atoms with van der Waals surface area (Å²) in [4.78, 5) is 12.0. The Labute approximate surface area is 136 Å². The monoisotopic (exact) mass is 316 g/mol. The van der Waals surface area contributed by atoms with Gasteiger partial charge >= 0.3 is 0 Å². The summed E-state index contributed by atoms with van der Waals surface area (Å²) < 4.78 is 0. The van der Waals surface area contributed by atoms with E-state index >= 15 is 0 Å². The van der Waals surface area contributed by atoms with Crippen molar-refractivity contribution in [3.8, 4) is 0 Å². The van der Waals surface area contributed by atoms with Crippen LogP contribution in [0.2, 0.25) is 5.02 Å². The molecule has 0 spiro atoms. The Morgan fingerprint density at radius 2 is 1.91 bits per heavy atom. The maximum Gasteiger partial charge on any atom is 0.243 e. The molecule has 0 atom stereocenters. The molecule has 22 heavy (non-hydrogen) atoms. The first-order valence-electron chi connectivity index (χ1n) is 7.36. The molecule has 0 heterocycles. The topological polar surface area (TPSA) is 41.1 Å². The van der Waals surface area contributed by atoms with E-state index in [4.69, 9.17) is 11.6 Å². The van der Waals surface area contributed by atoms with Crippen molar-refractivity contribution in [1.29, 1.82) is 0 Å². The van der Waals surface area contributed by atoms with E-state index in [1.165, 1.54) is 5.56 Å². The largest absolute Gasteiger partial charge is 0.376 e. The van der Waals surface area contributed by atoms with Gasteiger partial charge in [-0.05, 0) is 42.2 Å². The van der Waals surface area contributed by atoms with E-state index < -0.39 is 0 Å². The van der Waals surface area contributed by atoms with Gasteiger partial charge in [-0.15, -0.1) is 0 Å². The highest BCUT2D eigenvalue weighted by molar-refractivity contribution is 6.31. The van der Waals surface area contributed by atoms with Crippen molar-refractivity contribution in [1.82, 2.24) is 0 Å². The fourth-order valence-corrected chi connectivity index (χ4v) is 2.39. The number of benzene rings is 2. The van der Waals surface area contributed by atoms with Crippen molar-refractivity contribution in [2.24, 2.45) is 0 Å². The molecule has 0 saturated carbocycles. The Morgan fingerprint density at radius 1 is 1.18 bits per heavy atom. The Balaban J connectivity index is 1.97. The fraction of sp³-hybridized carbons (Fsp3) is 0.278. The summed E-state index contributed by atoms with van der Waals surface area (Å²) in [6, 6.07) is 13.5. The number of hydrogen-bond donors (Lipinski definition) is 2. The normalized spacial score (nSPS) is 10.6. The van der Waals surface area contributed by atoms with E-state index in [0.717, 1.165) is 11.3 Å². The molecule has 3 nitrogen and oxygen atoms in total. The van der Waals surface area contributed by atoms with Gasteiger partial charge in [0, 0.05) is 16.4 Å². The van der Waals surface area contributed by atoms with E-state index in [2.05, 4.69) is 30.5 Å². The van der Waals surface area contributed by atoms with Crippen molar-refractivity contribution in [3.05, 3.63) is 58.6 Å². The van der Waals surface area contributed by atoms with Crippen molar-refractivity contribution in [3.63, 3.8) is 0 Å². The number of amides is 1. The number of rotatable bonds is 5. The van der Waals surface area contributed by atoms with Gasteiger partial charge in [-0.25, -0.2) is 0 Å². The average molecular weight is 317 g/mol. The van der Waals surface area contributed by atoms with Crippen LogP contribution in [0.25, 0.3) is 0 Å². The summed E-state index contributed by atoms with van der Waals surface area (Å²) in [6.07, 6.45) is 0. The van der Waals surface area contributed by atoms with Crippen LogP contribution >= 0.6 is 11.6 Å². The predicted octanol–water partition coefficient (Wildman–Crippen LogP) is 4.82. The smallest absolute Gasteiger partial charge is 0.243 e. The molecule has 0 aliphatic carbocycles. The molecule has 2 aromatic carbocycles. The lowest BCUT2D eigenvalue weighted by atomic mass is 10.0. The van der Waals surface area contributed by atoms with Crippen molar-refractivity contribution in [2.45, 2.75) is 26.7 Å². The Hall–Kier alpha value is -2.00. The summed E-state index contributed by atoms with van der Waals surface area (Å²) in [5, 5.41) is 6.69. The van der Waals surface area contributed by atoms with Crippen molar-refractivity contribution >= 4 is 28.9 Å². The second-order valence-electron chi connectivity index (χ2n) is 5.61. The quantitative estimate of drug-likeness (QED) is 0.830. The molecule has 2 rings (SSSR count). The molecule has 116 valence electrons. The van der Waals surface area contributed by atoms with E-state index in [0.29, 0.717) is 16.6 Å². The zero-order valence-electron chi connectivity index (χ0n) is 13.1. The fourth-order valence-electron chi connectivity index (χ4n) is 2.21. The van der Waals surface area contributed by atoms with E-state index in [1.54, 1.807) is 6.07 Å². The van der Waals surface area contributed by atoms with Crippen molar-refractivity contribution in [2.75, 3.05) is 17.2 Å². The number of aryl methyl sites for hydroxylation is 1. The number of carbonyl (C=O) groups is 1. The Bertz CT molecular complexity index is 668. The van der Waals surface area contributed by atoms with Crippen LogP contribution < -0.4 is 10.6 Å². The molecule has 0 aromatic heterocycles. The molecule has 0 saturated heterocycles. The minimum atomic E-state index is -0.0986. The van der Waals surface area contributed by atoms with Gasteiger partial charge < -0.3 is 10.6 Å². The average Bonchev–Trinajstić information content (AvgIpc) is 2.49. The van der Waals surface area contributed by atoms with Crippen molar-refractivity contribution < 1.29 is 4.79 Å². The van der Waals surface area contributed by atoms with Crippen LogP contribution in [-0.2, 0) is 4.79 Å². The van der Waals surface area contributed by atoms with E-state index in [-0.39, 0.29) is 12.5 Å². The van der Waals surface area contributed by atoms with E-state index in [1.807, 2.05) is 37.3 Å². The summed E-state index contributed by atoms with van der Waals surface area (Å²) in [5.74, 6) is 0.307. The number of nitrogens with one attached hydrogen (secondary N) is 2. The van der Waals surface area contributed by atoms with E-state index in [9.17, 15) is 4.79 Å². The molecule has 0 bridgehead atoms. The minimum absolute atomic E-state index is 0.0986. The zero-order chi connectivity index (χ0) is 16.1. The van der Waals surface area contributed by atoms with Gasteiger partial charge in [0.1, 0.15) is 0 Å². The highest BCUT2D eigenvalue weighted by Gasteiger charge is 2.08. The van der Waals surface area contributed by atoms with Crippen LogP contribution in [0.4, 0.5) is 11.4 Å². The third-order valence-electron chi connectivity index (χ3n) is 3.48. The third-order valence-corrected chi connectivity index (χ3v) is 3.88. The van der Waals surface area contributed by atoms with Gasteiger partial charge in [-0.3, -0.25) is 4.79 Å². The molecular weight excluding hydrogens is 296 g/mol. The lowest BCUT2D eigenvalue weighted by molar-refractivity contribution is -0.114. The number of anilines is 2. The highest BCUT2D eigenvalue weighted by atomic mass is 35.5. The van der Waals surface area contributed by atoms with Crippen LogP contribution in [0.3, 0.4) is 0 Å². The summed E-state index contributed by atoms with van der Waals surface area (Å²) in [6.45, 7) is 6.41. The van der Waals surface area contributed by atoms with Crippen LogP contribution in [-0.4, -0.2) is 12.5 Å². The first-order valence-corrected chi connectivity index (χ1v) is 7.74. The predicted molar refractivity (Wildman–Crippen MR) is 93.8 cm³/mol. The van der Waals surface area contributed by atoms with Crippen LogP contribution in [0.15, 0.2) is 42.5 Å². The molecular formula is C18H21ClN2O. The van der Waals surface area contributed by atoms with Gasteiger partial charge in [-0.2, -0.15) is 0 Å². The lowest BCUT2D eigenvalue weighted by Crippen LogP contribution is -2.22. The maximum absolute atomic E-state index is 12.0. The number of carbonyl (C=O) groups excluding carboxylic acids is 1. The molecule has 2 N–H and O–H groups in total. The van der Waals surface area contributed by atoms with Crippen LogP contribution in [0.5, 0.6) is 0 Å². The van der Waals surface area contributed by atoms with Gasteiger partial charge in [0.15, 0.2) is 0 Å². The second kappa shape index (κ2) is 7.32. The van der Waals surface area contributed by atoms with Gasteiger partial charge in [0.2, 0.25) is 5.91 Å². The molecule has 2 aromatic rings. The maximum atomic E-state index is 12.0. The van der Waals surface area contributed by atoms with Crippen LogP contribution in [0.1, 0.15) is 30.9 Å². The zero-order valence-corrected chi connectivity index (χ0v) is 13.9. The third kappa shape index (κ3) is 4.25. The standard InChI is InChI=1S/C18H21ClN2O/c1-12(2)15-6-4-5-7-17(15)20-11-18(22)21-14-9-8-13(3)16(19)10-14/h4-10,12,20H,11H2,1-3H3,(H,21,22). The first-order chi connectivity index (χ1) is 10.5.